The molecule has 0 fully saturated rings. The Labute approximate surface area is 115 Å². The molecular formula is C12H16N4O4. The highest BCUT2D eigenvalue weighted by molar-refractivity contribution is 5.97. The molecule has 108 valence electrons. The van der Waals surface area contributed by atoms with Crippen LogP contribution in [0.5, 0.6) is 0 Å². The average molecular weight is 280 g/mol. The highest BCUT2D eigenvalue weighted by Crippen LogP contribution is 2.08. The first-order chi connectivity index (χ1) is 9.31. The number of nitrogens with zero attached hydrogens (tertiary/aromatic N) is 2. The zero-order valence-corrected chi connectivity index (χ0v) is 11.2. The summed E-state index contributed by atoms with van der Waals surface area (Å²) in [6, 6.07) is 1.79. The minimum Gasteiger partial charge on any atom is -0.480 e. The molecule has 0 aliphatic rings. The van der Waals surface area contributed by atoms with Gasteiger partial charge in [-0.1, -0.05) is 0 Å². The third kappa shape index (κ3) is 4.23. The zero-order valence-electron chi connectivity index (χ0n) is 11.2. The molecule has 8 nitrogen and oxygen atoms in total. The number of carboxylic acids is 1. The van der Waals surface area contributed by atoms with E-state index in [2.05, 4.69) is 10.3 Å². The Balaban J connectivity index is 2.78. The lowest BCUT2D eigenvalue weighted by atomic mass is 10.1. The van der Waals surface area contributed by atoms with E-state index in [1.807, 2.05) is 0 Å². The Kier molecular flexibility index (Phi) is 5.01. The number of aromatic nitrogens is 1. The summed E-state index contributed by atoms with van der Waals surface area (Å²) in [7, 11) is 3.60. The monoisotopic (exact) mass is 280 g/mol. The molecular weight excluding hydrogens is 264 g/mol. The quantitative estimate of drug-likeness (QED) is 0.626. The van der Waals surface area contributed by atoms with Crippen molar-refractivity contribution in [2.45, 2.75) is 12.5 Å². The molecule has 1 heterocycles. The fourth-order valence-corrected chi connectivity index (χ4v) is 1.43. The Bertz CT molecular complexity index is 513. The summed E-state index contributed by atoms with van der Waals surface area (Å²) in [5.74, 6) is -2.10. The van der Waals surface area contributed by atoms with E-state index in [1.54, 1.807) is 25.1 Å². The first kappa shape index (κ1) is 15.4. The van der Waals surface area contributed by atoms with E-state index in [0.717, 1.165) is 0 Å². The van der Waals surface area contributed by atoms with Crippen LogP contribution in [0.15, 0.2) is 18.3 Å². The lowest BCUT2D eigenvalue weighted by Crippen LogP contribution is -2.43. The maximum atomic E-state index is 11.8. The summed E-state index contributed by atoms with van der Waals surface area (Å²) in [5, 5.41) is 11.1. The predicted octanol–water partition coefficient (Wildman–Crippen LogP) is -0.794. The lowest BCUT2D eigenvalue weighted by Gasteiger charge is -2.14. The molecule has 0 aliphatic heterocycles. The van der Waals surface area contributed by atoms with Gasteiger partial charge in [-0.2, -0.15) is 0 Å². The van der Waals surface area contributed by atoms with Gasteiger partial charge >= 0.3 is 5.97 Å². The van der Waals surface area contributed by atoms with Crippen molar-refractivity contribution in [1.82, 2.24) is 10.3 Å². The van der Waals surface area contributed by atoms with Gasteiger partial charge in [0.05, 0.1) is 12.0 Å². The molecule has 1 rings (SSSR count). The Hall–Kier alpha value is -2.64. The number of hydrogen-bond acceptors (Lipinski definition) is 5. The van der Waals surface area contributed by atoms with Gasteiger partial charge in [-0.3, -0.25) is 9.59 Å². The Morgan fingerprint density at radius 3 is 2.45 bits per heavy atom. The maximum Gasteiger partial charge on any atom is 0.326 e. The van der Waals surface area contributed by atoms with Crippen LogP contribution in [0.3, 0.4) is 0 Å². The molecule has 0 unspecified atom stereocenters. The van der Waals surface area contributed by atoms with Crippen molar-refractivity contribution < 1.29 is 19.5 Å². The van der Waals surface area contributed by atoms with Gasteiger partial charge in [0.1, 0.15) is 11.9 Å². The molecule has 0 aliphatic carbocycles. The number of aliphatic carboxylic acids is 1. The topological polar surface area (TPSA) is 126 Å². The molecule has 1 aromatic heterocycles. The maximum absolute atomic E-state index is 11.8. The summed E-state index contributed by atoms with van der Waals surface area (Å²) < 4.78 is 0. The molecule has 0 saturated carbocycles. The highest BCUT2D eigenvalue weighted by atomic mass is 16.4. The third-order valence-electron chi connectivity index (χ3n) is 2.48. The zero-order chi connectivity index (χ0) is 15.3. The van der Waals surface area contributed by atoms with Gasteiger partial charge in [0, 0.05) is 20.3 Å². The van der Waals surface area contributed by atoms with Crippen LogP contribution >= 0.6 is 0 Å². The van der Waals surface area contributed by atoms with E-state index < -0.39 is 30.2 Å². The van der Waals surface area contributed by atoms with Gasteiger partial charge in [-0.25, -0.2) is 9.78 Å². The number of rotatable bonds is 6. The third-order valence-corrected chi connectivity index (χ3v) is 2.48. The smallest absolute Gasteiger partial charge is 0.326 e. The van der Waals surface area contributed by atoms with Crippen molar-refractivity contribution in [1.29, 1.82) is 0 Å². The van der Waals surface area contributed by atoms with Crippen LogP contribution in [0.4, 0.5) is 5.82 Å². The van der Waals surface area contributed by atoms with Crippen molar-refractivity contribution in [3.63, 3.8) is 0 Å². The first-order valence-corrected chi connectivity index (χ1v) is 5.76. The number of primary amides is 1. The second kappa shape index (κ2) is 6.50. The fraction of sp³-hybridized carbons (Fsp3) is 0.333. The molecule has 1 aromatic rings. The van der Waals surface area contributed by atoms with Crippen molar-refractivity contribution in [2.24, 2.45) is 5.73 Å². The second-order valence-corrected chi connectivity index (χ2v) is 4.33. The number of hydrogen-bond donors (Lipinski definition) is 3. The molecule has 2 amide bonds. The van der Waals surface area contributed by atoms with Crippen LogP contribution in [0.25, 0.3) is 0 Å². The van der Waals surface area contributed by atoms with Gasteiger partial charge in [-0.15, -0.1) is 0 Å². The lowest BCUT2D eigenvalue weighted by molar-refractivity contribution is -0.140. The van der Waals surface area contributed by atoms with Crippen LogP contribution in [0.2, 0.25) is 0 Å². The number of anilines is 1. The standard InChI is InChI=1S/C12H16N4O4/c1-16(2)10-4-3-7(6-14-10)11(18)15-8(12(19)20)5-9(13)17/h3-4,6,8H,5H2,1-2H3,(H2,13,17)(H,15,18)(H,19,20)/t8-/m0/s1. The number of amides is 2. The minimum absolute atomic E-state index is 0.200. The van der Waals surface area contributed by atoms with Crippen LogP contribution in [0, 0.1) is 0 Å². The van der Waals surface area contributed by atoms with Crippen LogP contribution in [0.1, 0.15) is 16.8 Å². The number of carbonyl (C=O) groups is 3. The molecule has 0 radical (unpaired) electrons. The van der Waals surface area contributed by atoms with Gasteiger partial charge < -0.3 is 21.1 Å². The van der Waals surface area contributed by atoms with Crippen LogP contribution in [-0.4, -0.2) is 48.0 Å². The largest absolute Gasteiger partial charge is 0.480 e. The summed E-state index contributed by atoms with van der Waals surface area (Å²) in [6.07, 6.45) is 0.859. The summed E-state index contributed by atoms with van der Waals surface area (Å²) in [4.78, 5) is 39.3. The minimum atomic E-state index is -1.35. The molecule has 0 bridgehead atoms. The van der Waals surface area contributed by atoms with Gasteiger partial charge in [0.25, 0.3) is 5.91 Å². The van der Waals surface area contributed by atoms with E-state index in [0.29, 0.717) is 5.82 Å². The van der Waals surface area contributed by atoms with Gasteiger partial charge in [0.15, 0.2) is 0 Å². The number of pyridine rings is 1. The molecule has 1 atom stereocenters. The fourth-order valence-electron chi connectivity index (χ4n) is 1.43. The first-order valence-electron chi connectivity index (χ1n) is 5.76. The summed E-state index contributed by atoms with van der Waals surface area (Å²) in [5.41, 5.74) is 5.13. The number of nitrogens with one attached hydrogen (secondary N) is 1. The number of nitrogens with two attached hydrogens (primary N) is 1. The van der Waals surface area contributed by atoms with E-state index in [9.17, 15) is 14.4 Å². The Morgan fingerprint density at radius 2 is 2.05 bits per heavy atom. The summed E-state index contributed by atoms with van der Waals surface area (Å²) in [6.45, 7) is 0. The molecule has 0 aromatic carbocycles. The van der Waals surface area contributed by atoms with E-state index in [4.69, 9.17) is 10.8 Å². The van der Waals surface area contributed by atoms with Gasteiger partial charge in [-0.05, 0) is 12.1 Å². The molecule has 0 saturated heterocycles. The summed E-state index contributed by atoms with van der Waals surface area (Å²) >= 11 is 0. The SMILES string of the molecule is CN(C)c1ccc(C(=O)N[C@@H](CC(N)=O)C(=O)O)cn1. The molecule has 20 heavy (non-hydrogen) atoms. The molecule has 8 heteroatoms. The van der Waals surface area contributed by atoms with E-state index >= 15 is 0 Å². The highest BCUT2D eigenvalue weighted by Gasteiger charge is 2.22. The molecule has 0 spiro atoms. The van der Waals surface area contributed by atoms with Crippen LogP contribution < -0.4 is 16.0 Å². The van der Waals surface area contributed by atoms with E-state index in [1.165, 1.54) is 12.3 Å². The van der Waals surface area contributed by atoms with Crippen molar-refractivity contribution in [3.05, 3.63) is 23.9 Å². The van der Waals surface area contributed by atoms with Crippen molar-refractivity contribution in [3.8, 4) is 0 Å². The normalized spacial score (nSPS) is 11.5. The number of carboxylic acid groups (broad SMARTS) is 1. The second-order valence-electron chi connectivity index (χ2n) is 4.33. The van der Waals surface area contributed by atoms with Crippen molar-refractivity contribution >= 4 is 23.6 Å². The van der Waals surface area contributed by atoms with E-state index in [-0.39, 0.29) is 5.56 Å². The predicted molar refractivity (Wildman–Crippen MR) is 71.3 cm³/mol. The van der Waals surface area contributed by atoms with Crippen LogP contribution in [-0.2, 0) is 9.59 Å². The molecule has 4 N–H and O–H groups in total. The van der Waals surface area contributed by atoms with Gasteiger partial charge in [0.2, 0.25) is 5.91 Å². The average Bonchev–Trinajstić information content (AvgIpc) is 2.37. The number of carbonyl (C=O) groups excluding carboxylic acids is 2. The Morgan fingerprint density at radius 1 is 1.40 bits per heavy atom. The van der Waals surface area contributed by atoms with Crippen molar-refractivity contribution in [2.75, 3.05) is 19.0 Å².